The third-order valence-electron chi connectivity index (χ3n) is 7.71. The van der Waals surface area contributed by atoms with E-state index in [1.807, 2.05) is 72.8 Å². The maximum atomic E-state index is 9.22. The molecule has 202 valence electrons. The molecular weight excluding hydrogens is 518 g/mol. The molecule has 0 aliphatic rings. The maximum Gasteiger partial charge on any atom is 0.0630 e. The van der Waals surface area contributed by atoms with Gasteiger partial charge in [-0.05, 0) is 97.0 Å². The Kier molecular flexibility index (Phi) is 4.13. The van der Waals surface area contributed by atoms with Crippen molar-refractivity contribution in [1.82, 2.24) is 0 Å². The summed E-state index contributed by atoms with van der Waals surface area (Å²) in [6, 6.07) is 33.1. The van der Waals surface area contributed by atoms with Gasteiger partial charge < -0.3 is 4.90 Å². The Morgan fingerprint density at radius 3 is 1.26 bits per heavy atom. The molecule has 43 heavy (non-hydrogen) atoms. The largest absolute Gasteiger partial charge is 0.311 e. The van der Waals surface area contributed by atoms with E-state index in [1.165, 1.54) is 0 Å². The minimum absolute atomic E-state index is 0.0316. The molecule has 8 rings (SSSR count). The third kappa shape index (κ3) is 4.52. The van der Waals surface area contributed by atoms with Crippen LogP contribution in [0, 0.1) is 0 Å². The van der Waals surface area contributed by atoms with Crippen molar-refractivity contribution >= 4 is 49.4 Å². The number of hydrogen-bond donors (Lipinski definition) is 0. The van der Waals surface area contributed by atoms with Crippen molar-refractivity contribution in [2.75, 3.05) is 4.90 Å². The fraction of sp³-hybridized carbons (Fsp3) is 0. The van der Waals surface area contributed by atoms with Gasteiger partial charge in [0.05, 0.1) is 13.7 Å². The smallest absolute Gasteiger partial charge is 0.0630 e. The summed E-state index contributed by atoms with van der Waals surface area (Å²) in [6.45, 7) is 0. The topological polar surface area (TPSA) is 3.24 Å². The molecule has 8 aromatic rings. The van der Waals surface area contributed by atoms with Crippen LogP contribution in [-0.4, -0.2) is 0 Å². The van der Waals surface area contributed by atoms with E-state index in [0.717, 1.165) is 28.2 Å². The zero-order valence-corrected chi connectivity index (χ0v) is 22.9. The molecular formula is C42H29N. The van der Waals surface area contributed by atoms with Crippen molar-refractivity contribution in [2.24, 2.45) is 0 Å². The number of fused-ring (bicyclic) bond motifs is 6. The predicted molar refractivity (Wildman–Crippen MR) is 185 cm³/mol. The Balaban J connectivity index is 1.34. The number of hydrogen-bond acceptors (Lipinski definition) is 1. The molecule has 0 aliphatic carbocycles. The van der Waals surface area contributed by atoms with E-state index in [1.54, 1.807) is 6.07 Å². The van der Waals surface area contributed by atoms with Gasteiger partial charge in [0.2, 0.25) is 0 Å². The zero-order chi connectivity index (χ0) is 37.3. The predicted octanol–water partition coefficient (Wildman–Crippen LogP) is 11.9. The summed E-state index contributed by atoms with van der Waals surface area (Å²) >= 11 is 0. The van der Waals surface area contributed by atoms with Gasteiger partial charge >= 0.3 is 0 Å². The molecule has 0 radical (unpaired) electrons. The highest BCUT2D eigenvalue weighted by Gasteiger charge is 2.14. The Bertz CT molecular complexity index is 2710. The van der Waals surface area contributed by atoms with Gasteiger partial charge in [-0.25, -0.2) is 0 Å². The highest BCUT2D eigenvalue weighted by molar-refractivity contribution is 6.25. The van der Waals surface area contributed by atoms with E-state index in [4.69, 9.17) is 12.3 Å². The zero-order valence-electron chi connectivity index (χ0n) is 32.9. The van der Waals surface area contributed by atoms with Crippen molar-refractivity contribution in [3.63, 3.8) is 0 Å². The lowest BCUT2D eigenvalue weighted by Gasteiger charge is -2.26. The minimum Gasteiger partial charge on any atom is -0.311 e. The van der Waals surface area contributed by atoms with Crippen LogP contribution in [-0.2, 0) is 0 Å². The second-order valence-electron chi connectivity index (χ2n) is 10.2. The molecule has 0 aromatic heterocycles. The van der Waals surface area contributed by atoms with Gasteiger partial charge in [-0.2, -0.15) is 0 Å². The molecule has 0 amide bonds. The second-order valence-corrected chi connectivity index (χ2v) is 10.2. The van der Waals surface area contributed by atoms with Gasteiger partial charge in [-0.1, -0.05) is 133 Å². The van der Waals surface area contributed by atoms with Crippen LogP contribution in [0.25, 0.3) is 54.6 Å². The SMILES string of the molecule is [2H]c1c(-c2ccc(N(c3ccccc3)c3ccc(-c4ccccc4)cc3)cc2)cc2c(c1[2H])c1c([2H])c([2H])c([2H])c([2H])c1c1c([2H])c([2H])c([2H])c([2H])c21. The van der Waals surface area contributed by atoms with Crippen molar-refractivity contribution in [2.45, 2.75) is 0 Å². The summed E-state index contributed by atoms with van der Waals surface area (Å²) in [5.41, 5.74) is 5.83. The van der Waals surface area contributed by atoms with Crippen LogP contribution in [0.4, 0.5) is 17.1 Å². The fourth-order valence-electron chi connectivity index (χ4n) is 5.64. The average Bonchev–Trinajstić information content (AvgIpc) is 3.19. The summed E-state index contributed by atoms with van der Waals surface area (Å²) in [5.74, 6) is 0. The number of rotatable bonds is 5. The molecule has 0 bridgehead atoms. The quantitative estimate of drug-likeness (QED) is 0.190. The van der Waals surface area contributed by atoms with Crippen molar-refractivity contribution < 1.29 is 13.7 Å². The monoisotopic (exact) mass is 557 g/mol. The summed E-state index contributed by atoms with van der Waals surface area (Å²) in [7, 11) is 0. The molecule has 8 aromatic carbocycles. The van der Waals surface area contributed by atoms with Gasteiger partial charge in [-0.15, -0.1) is 0 Å². The lowest BCUT2D eigenvalue weighted by Crippen LogP contribution is -2.09. The molecule has 0 fully saturated rings. The molecule has 0 atom stereocenters. The van der Waals surface area contributed by atoms with Gasteiger partial charge in [0, 0.05) is 17.1 Å². The molecule has 0 heterocycles. The number of para-hydroxylation sites is 1. The van der Waals surface area contributed by atoms with Crippen LogP contribution in [0.1, 0.15) is 13.7 Å². The van der Waals surface area contributed by atoms with Crippen LogP contribution in [0.15, 0.2) is 176 Å². The summed E-state index contributed by atoms with van der Waals surface area (Å²) in [4.78, 5) is 2.11. The summed E-state index contributed by atoms with van der Waals surface area (Å²) < 4.78 is 87.3. The molecule has 0 saturated heterocycles. The Morgan fingerprint density at radius 1 is 0.326 bits per heavy atom. The number of benzene rings is 8. The van der Waals surface area contributed by atoms with Crippen LogP contribution < -0.4 is 4.90 Å². The molecule has 0 aliphatic heterocycles. The fourth-order valence-corrected chi connectivity index (χ4v) is 5.64. The molecule has 1 heteroatoms. The second kappa shape index (κ2) is 10.6. The Morgan fingerprint density at radius 2 is 0.721 bits per heavy atom. The highest BCUT2D eigenvalue weighted by Crippen LogP contribution is 2.39. The highest BCUT2D eigenvalue weighted by atomic mass is 15.1. The van der Waals surface area contributed by atoms with Crippen LogP contribution in [0.3, 0.4) is 0 Å². The lowest BCUT2D eigenvalue weighted by atomic mass is 9.92. The Labute approximate surface area is 266 Å². The number of nitrogens with zero attached hydrogens (tertiary/aromatic N) is 1. The molecule has 1 nitrogen and oxygen atoms in total. The maximum absolute atomic E-state index is 9.22. The van der Waals surface area contributed by atoms with Crippen LogP contribution >= 0.6 is 0 Å². The number of anilines is 3. The van der Waals surface area contributed by atoms with Crippen molar-refractivity contribution in [3.05, 3.63) is 176 Å². The normalized spacial score (nSPS) is 14.5. The molecule has 0 saturated carbocycles. The first-order valence-corrected chi connectivity index (χ1v) is 14.0. The Hall–Kier alpha value is -5.66. The van der Waals surface area contributed by atoms with E-state index in [9.17, 15) is 1.37 Å². The van der Waals surface area contributed by atoms with E-state index < -0.39 is 48.3 Å². The first kappa shape index (κ1) is 16.7. The first-order valence-electron chi connectivity index (χ1n) is 19.0. The van der Waals surface area contributed by atoms with E-state index in [2.05, 4.69) is 41.3 Å². The van der Waals surface area contributed by atoms with Crippen molar-refractivity contribution in [1.29, 1.82) is 0 Å². The van der Waals surface area contributed by atoms with Gasteiger partial charge in [0.15, 0.2) is 0 Å². The standard InChI is InChI=1S/C42H29N/c1-3-11-30(12-4-1)31-19-24-35(25-20-31)43(34-13-5-2-6-14-34)36-26-21-32(22-27-36)33-23-28-41-39-17-8-7-15-37(39)38-16-9-10-18-40(38)42(41)29-33/h1-29H/i7D,8D,9D,10D,15D,16D,17D,18D,23D,28D. The summed E-state index contributed by atoms with van der Waals surface area (Å²) in [5, 5.41) is 0.0527. The van der Waals surface area contributed by atoms with E-state index in [0.29, 0.717) is 11.1 Å². The molecule has 0 unspecified atom stereocenters. The minimum atomic E-state index is -0.554. The summed E-state index contributed by atoms with van der Waals surface area (Å²) in [6.07, 6.45) is 0. The van der Waals surface area contributed by atoms with Gasteiger partial charge in [0.25, 0.3) is 0 Å². The van der Waals surface area contributed by atoms with Crippen LogP contribution in [0.2, 0.25) is 0 Å². The van der Waals surface area contributed by atoms with Gasteiger partial charge in [0.1, 0.15) is 0 Å². The average molecular weight is 558 g/mol. The molecule has 0 N–H and O–H groups in total. The van der Waals surface area contributed by atoms with Crippen LogP contribution in [0.5, 0.6) is 0 Å². The first-order chi connectivity index (χ1) is 25.5. The van der Waals surface area contributed by atoms with Crippen molar-refractivity contribution in [3.8, 4) is 22.3 Å². The van der Waals surface area contributed by atoms with E-state index >= 15 is 0 Å². The van der Waals surface area contributed by atoms with E-state index in [-0.39, 0.29) is 44.4 Å². The lowest BCUT2D eigenvalue weighted by molar-refractivity contribution is 1.28. The third-order valence-corrected chi connectivity index (χ3v) is 7.71. The molecule has 0 spiro atoms. The van der Waals surface area contributed by atoms with Gasteiger partial charge in [-0.3, -0.25) is 0 Å².